The molecule has 0 radical (unpaired) electrons. The van der Waals surface area contributed by atoms with E-state index in [4.69, 9.17) is 11.6 Å². The van der Waals surface area contributed by atoms with Gasteiger partial charge in [0, 0.05) is 18.9 Å². The molecule has 1 unspecified atom stereocenters. The lowest BCUT2D eigenvalue weighted by atomic mass is 10.1. The number of alkyl halides is 1. The van der Waals surface area contributed by atoms with Crippen molar-refractivity contribution in [3.8, 4) is 0 Å². The fraction of sp³-hybridized carbons (Fsp3) is 0.571. The fourth-order valence-corrected chi connectivity index (χ4v) is 1.87. The number of fused-ring (bicyclic) bond motifs is 1. The standard InChI is InChI=1S/C14H21ClN4/c1-9(2)11(15)8-17-14-13-7-12(10(3)4)18-19(13)6-5-16-14/h5-7,9-11H,8H2,1-4H3,(H,16,17). The molecule has 0 spiro atoms. The summed E-state index contributed by atoms with van der Waals surface area (Å²) in [6.07, 6.45) is 3.62. The zero-order valence-corrected chi connectivity index (χ0v) is 12.6. The highest BCUT2D eigenvalue weighted by molar-refractivity contribution is 6.21. The number of hydrogen-bond donors (Lipinski definition) is 1. The van der Waals surface area contributed by atoms with Crippen molar-refractivity contribution in [3.63, 3.8) is 0 Å². The maximum atomic E-state index is 6.26. The molecule has 2 aromatic rings. The van der Waals surface area contributed by atoms with E-state index in [0.29, 0.717) is 18.4 Å². The second kappa shape index (κ2) is 5.78. The van der Waals surface area contributed by atoms with Gasteiger partial charge in [0.15, 0.2) is 5.82 Å². The van der Waals surface area contributed by atoms with E-state index >= 15 is 0 Å². The minimum absolute atomic E-state index is 0.0922. The first-order valence-corrected chi connectivity index (χ1v) is 7.15. The molecule has 2 heterocycles. The van der Waals surface area contributed by atoms with E-state index < -0.39 is 0 Å². The maximum Gasteiger partial charge on any atom is 0.152 e. The summed E-state index contributed by atoms with van der Waals surface area (Å²) in [5, 5.41) is 7.95. The summed E-state index contributed by atoms with van der Waals surface area (Å²) in [7, 11) is 0. The van der Waals surface area contributed by atoms with Crippen molar-refractivity contribution in [2.75, 3.05) is 11.9 Å². The summed E-state index contributed by atoms with van der Waals surface area (Å²) in [4.78, 5) is 4.38. The Morgan fingerprint density at radius 2 is 2.05 bits per heavy atom. The number of nitrogens with zero attached hydrogens (tertiary/aromatic N) is 3. The van der Waals surface area contributed by atoms with Crippen LogP contribution in [-0.2, 0) is 0 Å². The van der Waals surface area contributed by atoms with Crippen LogP contribution in [0, 0.1) is 5.92 Å². The van der Waals surface area contributed by atoms with Crippen LogP contribution in [-0.4, -0.2) is 26.5 Å². The third-order valence-electron chi connectivity index (χ3n) is 3.19. The molecule has 104 valence electrons. The van der Waals surface area contributed by atoms with Crippen molar-refractivity contribution >= 4 is 22.9 Å². The highest BCUT2D eigenvalue weighted by Crippen LogP contribution is 2.20. The average Bonchev–Trinajstić information content (AvgIpc) is 2.80. The molecule has 2 aromatic heterocycles. The van der Waals surface area contributed by atoms with Gasteiger partial charge in [-0.1, -0.05) is 27.7 Å². The first-order chi connectivity index (χ1) is 8.99. The molecule has 0 aromatic carbocycles. The Morgan fingerprint density at radius 1 is 1.32 bits per heavy atom. The van der Waals surface area contributed by atoms with E-state index in [0.717, 1.165) is 17.0 Å². The van der Waals surface area contributed by atoms with E-state index in [1.165, 1.54) is 0 Å². The molecule has 0 aliphatic rings. The van der Waals surface area contributed by atoms with Gasteiger partial charge in [-0.05, 0) is 17.9 Å². The van der Waals surface area contributed by atoms with E-state index in [9.17, 15) is 0 Å². The Hall–Kier alpha value is -1.29. The lowest BCUT2D eigenvalue weighted by Gasteiger charge is -2.14. The van der Waals surface area contributed by atoms with Crippen LogP contribution in [0.5, 0.6) is 0 Å². The Balaban J connectivity index is 2.23. The molecule has 0 amide bonds. The van der Waals surface area contributed by atoms with E-state index in [-0.39, 0.29) is 5.38 Å². The van der Waals surface area contributed by atoms with Crippen molar-refractivity contribution in [2.45, 2.75) is 39.0 Å². The molecule has 0 saturated carbocycles. The number of anilines is 1. The summed E-state index contributed by atoms with van der Waals surface area (Å²) in [6.45, 7) is 9.20. The Labute approximate surface area is 119 Å². The van der Waals surface area contributed by atoms with Crippen molar-refractivity contribution in [1.82, 2.24) is 14.6 Å². The quantitative estimate of drug-likeness (QED) is 0.852. The van der Waals surface area contributed by atoms with Gasteiger partial charge in [-0.3, -0.25) is 0 Å². The van der Waals surface area contributed by atoms with Crippen LogP contribution in [0.2, 0.25) is 0 Å². The maximum absolute atomic E-state index is 6.26. The number of halogens is 1. The van der Waals surface area contributed by atoms with Crippen molar-refractivity contribution in [1.29, 1.82) is 0 Å². The topological polar surface area (TPSA) is 42.2 Å². The summed E-state index contributed by atoms with van der Waals surface area (Å²) in [5.41, 5.74) is 2.07. The molecular formula is C14H21ClN4. The number of aromatic nitrogens is 3. The van der Waals surface area contributed by atoms with Gasteiger partial charge < -0.3 is 5.32 Å². The van der Waals surface area contributed by atoms with Gasteiger partial charge in [-0.2, -0.15) is 5.10 Å². The zero-order chi connectivity index (χ0) is 14.0. The largest absolute Gasteiger partial charge is 0.367 e. The van der Waals surface area contributed by atoms with Crippen LogP contribution in [0.4, 0.5) is 5.82 Å². The van der Waals surface area contributed by atoms with E-state index in [1.54, 1.807) is 6.20 Å². The normalized spacial score (nSPS) is 13.4. The highest BCUT2D eigenvalue weighted by Gasteiger charge is 2.12. The Morgan fingerprint density at radius 3 is 2.68 bits per heavy atom. The van der Waals surface area contributed by atoms with Crippen molar-refractivity contribution in [3.05, 3.63) is 24.2 Å². The van der Waals surface area contributed by atoms with Gasteiger partial charge in [0.2, 0.25) is 0 Å². The van der Waals surface area contributed by atoms with Gasteiger partial charge in [0.05, 0.1) is 11.1 Å². The monoisotopic (exact) mass is 280 g/mol. The van der Waals surface area contributed by atoms with Gasteiger partial charge in [-0.25, -0.2) is 9.50 Å². The lowest BCUT2D eigenvalue weighted by Crippen LogP contribution is -2.20. The first-order valence-electron chi connectivity index (χ1n) is 6.71. The van der Waals surface area contributed by atoms with Crippen LogP contribution in [0.3, 0.4) is 0 Å². The van der Waals surface area contributed by atoms with Gasteiger partial charge in [0.1, 0.15) is 5.52 Å². The first kappa shape index (κ1) is 14.1. The third kappa shape index (κ3) is 3.18. The molecule has 0 bridgehead atoms. The number of hydrogen-bond acceptors (Lipinski definition) is 3. The second-order valence-corrected chi connectivity index (χ2v) is 6.03. The smallest absolute Gasteiger partial charge is 0.152 e. The molecule has 4 nitrogen and oxygen atoms in total. The minimum Gasteiger partial charge on any atom is -0.367 e. The molecule has 5 heteroatoms. The average molecular weight is 281 g/mol. The van der Waals surface area contributed by atoms with Crippen LogP contribution in [0.25, 0.3) is 5.52 Å². The molecular weight excluding hydrogens is 260 g/mol. The molecule has 0 aliphatic carbocycles. The number of rotatable bonds is 5. The summed E-state index contributed by atoms with van der Waals surface area (Å²) in [5.74, 6) is 1.68. The minimum atomic E-state index is 0.0922. The second-order valence-electron chi connectivity index (χ2n) is 5.47. The SMILES string of the molecule is CC(C)c1cc2c(NCC(Cl)C(C)C)nccn2n1. The Bertz CT molecular complexity index is 547. The molecule has 0 fully saturated rings. The van der Waals surface area contributed by atoms with Gasteiger partial charge in [0.25, 0.3) is 0 Å². The predicted molar refractivity (Wildman–Crippen MR) is 80.0 cm³/mol. The summed E-state index contributed by atoms with van der Waals surface area (Å²) >= 11 is 6.26. The molecule has 1 N–H and O–H groups in total. The Kier molecular flexibility index (Phi) is 4.30. The summed E-state index contributed by atoms with van der Waals surface area (Å²) in [6, 6.07) is 2.08. The van der Waals surface area contributed by atoms with Crippen molar-refractivity contribution < 1.29 is 0 Å². The van der Waals surface area contributed by atoms with Crippen LogP contribution in [0.15, 0.2) is 18.5 Å². The number of nitrogens with one attached hydrogen (secondary N) is 1. The van der Waals surface area contributed by atoms with Crippen LogP contribution in [0.1, 0.15) is 39.3 Å². The van der Waals surface area contributed by atoms with Crippen molar-refractivity contribution in [2.24, 2.45) is 5.92 Å². The summed E-state index contributed by atoms with van der Waals surface area (Å²) < 4.78 is 1.86. The molecule has 2 rings (SSSR count). The third-order valence-corrected chi connectivity index (χ3v) is 3.85. The van der Waals surface area contributed by atoms with E-state index in [1.807, 2.05) is 10.7 Å². The van der Waals surface area contributed by atoms with E-state index in [2.05, 4.69) is 49.2 Å². The molecule has 0 aliphatic heterocycles. The van der Waals surface area contributed by atoms with Gasteiger partial charge >= 0.3 is 0 Å². The predicted octanol–water partition coefficient (Wildman–Crippen LogP) is 3.53. The molecule has 19 heavy (non-hydrogen) atoms. The molecule has 0 saturated heterocycles. The lowest BCUT2D eigenvalue weighted by molar-refractivity contribution is 0.615. The highest BCUT2D eigenvalue weighted by atomic mass is 35.5. The van der Waals surface area contributed by atoms with Crippen LogP contribution < -0.4 is 5.32 Å². The zero-order valence-electron chi connectivity index (χ0n) is 11.9. The fourth-order valence-electron chi connectivity index (χ4n) is 1.79. The van der Waals surface area contributed by atoms with Gasteiger partial charge in [-0.15, -0.1) is 11.6 Å². The molecule has 1 atom stereocenters. The van der Waals surface area contributed by atoms with Crippen LogP contribution >= 0.6 is 11.6 Å².